The molecule has 6 heterocycles. The number of carboxylic acids is 1. The van der Waals surface area contributed by atoms with Crippen molar-refractivity contribution in [3.63, 3.8) is 0 Å². The summed E-state index contributed by atoms with van der Waals surface area (Å²) in [4.78, 5) is 91.8. The molecule has 8 rings (SSSR count). The quantitative estimate of drug-likeness (QED) is 0.179. The molecule has 5 N–H and O–H groups in total. The van der Waals surface area contributed by atoms with Crippen LogP contribution >= 0.6 is 23.5 Å². The molecule has 2 aromatic carbocycles. The topological polar surface area (TPSA) is 235 Å². The lowest BCUT2D eigenvalue weighted by molar-refractivity contribution is -0.170. The number of aryl methyl sites for hydroxylation is 1. The molecule has 59 heavy (non-hydrogen) atoms. The van der Waals surface area contributed by atoms with Gasteiger partial charge in [-0.2, -0.15) is 0 Å². The molecule has 5 aliphatic heterocycles. The van der Waals surface area contributed by atoms with Crippen LogP contribution in [0.1, 0.15) is 76.3 Å². The number of nitrogens with zero attached hydrogens (tertiary/aromatic N) is 3. The molecule has 1 unspecified atom stereocenters. The van der Waals surface area contributed by atoms with Crippen molar-refractivity contribution in [2.45, 2.75) is 117 Å². The molecule has 0 saturated carbocycles. The number of hydrogen-bond acceptors (Lipinski definition) is 14. The smallest absolute Gasteiger partial charge is 0.480 e. The van der Waals surface area contributed by atoms with E-state index in [1.54, 1.807) is 29.2 Å². The first kappa shape index (κ1) is 42.0. The largest absolute Gasteiger partial charge is 0.519 e. The number of carbonyl (C=O) groups is 6. The normalized spacial score (nSPS) is 28.7. The number of nitrogens with one attached hydrogen (secondary N) is 2. The van der Waals surface area contributed by atoms with E-state index >= 15 is 0 Å². The van der Waals surface area contributed by atoms with Gasteiger partial charge in [-0.05, 0) is 59.6 Å². The summed E-state index contributed by atoms with van der Waals surface area (Å²) in [6.45, 7) is 12.3. The van der Waals surface area contributed by atoms with Gasteiger partial charge in [0.05, 0.1) is 5.66 Å². The fraction of sp³-hybridized carbons (Fsp3) is 0.475. The molecule has 17 nitrogen and oxygen atoms in total. The Morgan fingerprint density at radius 3 is 2.02 bits per heavy atom. The molecule has 19 heteroatoms. The zero-order valence-corrected chi connectivity index (χ0v) is 35.0. The van der Waals surface area contributed by atoms with Crippen LogP contribution in [0.5, 0.6) is 0 Å². The zero-order chi connectivity index (χ0) is 42.9. The average Bonchev–Trinajstić information content (AvgIpc) is 3.82. The highest BCUT2D eigenvalue weighted by molar-refractivity contribution is 8.02. The van der Waals surface area contributed by atoms with E-state index in [0.29, 0.717) is 5.56 Å². The standard InChI is InChI=1S/C21H23N3O7S.C19H23N3O4S/c1-10-12(31-20(28)30-10)9-29-19(27)15-21(2,3)32-18-14(17(26)24(15)18)23-16(25)13(22)11-7-5-4-6-8-11;1-18(2)13(17(25)26)21-15(24)12(16(21)27-18)22-14(23)11(20-19(22,3)4)10-8-6-5-7-9-10/h4-8,13-15,18H,9,22H2,1-3H3,(H,23,25);5-9,11-13,16,20H,1-4H3,(H,25,26)/t13-,14-,15+,18-;11?,12-,13+,16-/m11/s1. The van der Waals surface area contributed by atoms with E-state index in [1.807, 2.05) is 77.9 Å². The predicted octanol–water partition coefficient (Wildman–Crippen LogP) is 2.24. The van der Waals surface area contributed by atoms with Crippen LogP contribution in [0, 0.1) is 6.92 Å². The number of esters is 1. The summed E-state index contributed by atoms with van der Waals surface area (Å²) in [5.41, 5.74) is 6.80. The van der Waals surface area contributed by atoms with Crippen molar-refractivity contribution in [2.75, 3.05) is 0 Å². The summed E-state index contributed by atoms with van der Waals surface area (Å²) in [5, 5.41) is 14.9. The molecule has 0 bridgehead atoms. The Morgan fingerprint density at radius 1 is 0.847 bits per heavy atom. The number of carboxylic acid groups (broad SMARTS) is 1. The predicted molar refractivity (Wildman–Crippen MR) is 214 cm³/mol. The fourth-order valence-corrected chi connectivity index (χ4v) is 11.7. The zero-order valence-electron chi connectivity index (χ0n) is 33.4. The van der Waals surface area contributed by atoms with Crippen LogP contribution in [0.3, 0.4) is 0 Å². The second-order valence-corrected chi connectivity index (χ2v) is 20.0. The Labute approximate surface area is 347 Å². The molecule has 3 aromatic rings. The number of amides is 4. The van der Waals surface area contributed by atoms with Crippen molar-refractivity contribution in [1.29, 1.82) is 0 Å². The van der Waals surface area contributed by atoms with E-state index in [0.717, 1.165) is 5.56 Å². The number of nitrogens with two attached hydrogens (primary N) is 1. The third-order valence-corrected chi connectivity index (χ3v) is 14.4. The second-order valence-electron chi connectivity index (χ2n) is 16.5. The van der Waals surface area contributed by atoms with Crippen LogP contribution in [-0.4, -0.2) is 105 Å². The number of thioether (sulfide) groups is 2. The van der Waals surface area contributed by atoms with E-state index in [2.05, 4.69) is 10.6 Å². The summed E-state index contributed by atoms with van der Waals surface area (Å²) in [7, 11) is 0. The van der Waals surface area contributed by atoms with Gasteiger partial charge < -0.3 is 44.4 Å². The van der Waals surface area contributed by atoms with Crippen LogP contribution < -0.4 is 22.2 Å². The van der Waals surface area contributed by atoms with Crippen molar-refractivity contribution in [3.05, 3.63) is 93.9 Å². The molecule has 314 valence electrons. The minimum Gasteiger partial charge on any atom is -0.480 e. The monoisotopic (exact) mass is 850 g/mol. The molecule has 5 aliphatic rings. The number of fused-ring (bicyclic) bond motifs is 2. The van der Waals surface area contributed by atoms with Crippen molar-refractivity contribution in [3.8, 4) is 0 Å². The van der Waals surface area contributed by atoms with Crippen LogP contribution in [0.25, 0.3) is 0 Å². The summed E-state index contributed by atoms with van der Waals surface area (Å²) >= 11 is 2.86. The average molecular weight is 851 g/mol. The molecule has 0 spiro atoms. The van der Waals surface area contributed by atoms with E-state index in [9.17, 15) is 38.7 Å². The maximum Gasteiger partial charge on any atom is 0.519 e. The minimum atomic E-state index is -1.01. The molecule has 0 radical (unpaired) electrons. The molecule has 5 saturated heterocycles. The van der Waals surface area contributed by atoms with Gasteiger partial charge >= 0.3 is 17.8 Å². The lowest BCUT2D eigenvalue weighted by Gasteiger charge is -2.50. The Balaban J connectivity index is 0.000000181. The van der Waals surface area contributed by atoms with Gasteiger partial charge in [0.1, 0.15) is 47.0 Å². The number of hydrogen-bond donors (Lipinski definition) is 4. The molecule has 1 aromatic heterocycles. The van der Waals surface area contributed by atoms with Crippen molar-refractivity contribution >= 4 is 59.1 Å². The van der Waals surface area contributed by atoms with Gasteiger partial charge in [-0.3, -0.25) is 24.5 Å². The van der Waals surface area contributed by atoms with E-state index in [4.69, 9.17) is 19.3 Å². The number of β-lactam (4-membered cyclic amide) rings is 2. The van der Waals surface area contributed by atoms with E-state index in [1.165, 1.54) is 40.2 Å². The van der Waals surface area contributed by atoms with Gasteiger partial charge in [-0.25, -0.2) is 14.4 Å². The highest BCUT2D eigenvalue weighted by Gasteiger charge is 2.68. The minimum absolute atomic E-state index is 0.110. The van der Waals surface area contributed by atoms with Crippen molar-refractivity contribution in [2.24, 2.45) is 5.73 Å². The molecular weight excluding hydrogens is 805 g/mol. The summed E-state index contributed by atoms with van der Waals surface area (Å²) in [6, 6.07) is 13.7. The molecule has 8 atom stereocenters. The van der Waals surface area contributed by atoms with Crippen LogP contribution in [0.4, 0.5) is 0 Å². The Morgan fingerprint density at radius 2 is 1.42 bits per heavy atom. The lowest BCUT2D eigenvalue weighted by atomic mass is 9.94. The Bertz CT molecular complexity index is 2250. The first-order valence-corrected chi connectivity index (χ1v) is 20.7. The van der Waals surface area contributed by atoms with Gasteiger partial charge in [0.2, 0.25) is 23.6 Å². The maximum atomic E-state index is 13.2. The third kappa shape index (κ3) is 7.31. The first-order chi connectivity index (χ1) is 27.7. The number of carbonyl (C=O) groups excluding carboxylic acids is 5. The number of benzene rings is 2. The van der Waals surface area contributed by atoms with Gasteiger partial charge in [-0.15, -0.1) is 23.5 Å². The number of rotatable bonds is 9. The molecule has 4 amide bonds. The fourth-order valence-electron chi connectivity index (χ4n) is 8.39. The van der Waals surface area contributed by atoms with Gasteiger partial charge in [0, 0.05) is 9.49 Å². The third-order valence-electron chi connectivity index (χ3n) is 11.2. The van der Waals surface area contributed by atoms with E-state index in [-0.39, 0.29) is 41.2 Å². The number of ether oxygens (including phenoxy) is 1. The molecule has 0 aliphatic carbocycles. The second kappa shape index (κ2) is 15.2. The van der Waals surface area contributed by atoms with Crippen LogP contribution in [0.15, 0.2) is 74.3 Å². The van der Waals surface area contributed by atoms with Crippen LogP contribution in [-0.2, 0) is 40.1 Å². The highest BCUT2D eigenvalue weighted by Crippen LogP contribution is 2.54. The lowest BCUT2D eigenvalue weighted by Crippen LogP contribution is -2.73. The Kier molecular flexibility index (Phi) is 10.8. The first-order valence-electron chi connectivity index (χ1n) is 18.9. The van der Waals surface area contributed by atoms with Gasteiger partial charge in [0.15, 0.2) is 18.1 Å². The molecule has 5 fully saturated rings. The highest BCUT2D eigenvalue weighted by atomic mass is 32.2. The van der Waals surface area contributed by atoms with Crippen LogP contribution in [0.2, 0.25) is 0 Å². The number of aliphatic carboxylic acids is 1. The van der Waals surface area contributed by atoms with Crippen molar-refractivity contribution in [1.82, 2.24) is 25.3 Å². The summed E-state index contributed by atoms with van der Waals surface area (Å²) < 4.78 is 13.6. The SMILES string of the molecule is CC1(C)S[C@@H]2[C@H](N3C(=O)C(c4ccccc4)NC3(C)C)C(=O)N2[C@H]1C(=O)O.Cc1oc(=O)oc1COC(=O)[C@@H]1N2C(=O)[C@@H](NC(=O)[C@H](N)c3ccccc3)[C@H]2SC1(C)C. The van der Waals surface area contributed by atoms with E-state index < -0.39 is 80.4 Å². The maximum absolute atomic E-state index is 13.2. The Hall–Kier alpha value is -5.11. The summed E-state index contributed by atoms with van der Waals surface area (Å²) in [5.74, 6) is -3.48. The van der Waals surface area contributed by atoms with Gasteiger partial charge in [-0.1, -0.05) is 60.7 Å². The molecular formula is C40H46N6O11S2. The van der Waals surface area contributed by atoms with Gasteiger partial charge in [0.25, 0.3) is 0 Å². The summed E-state index contributed by atoms with van der Waals surface area (Å²) in [6.07, 6.45) is 0. The van der Waals surface area contributed by atoms with Crippen molar-refractivity contribution < 1.29 is 47.4 Å².